The Morgan fingerprint density at radius 2 is 1.89 bits per heavy atom. The van der Waals surface area contributed by atoms with E-state index in [9.17, 15) is 9.90 Å². The Bertz CT molecular complexity index is 1230. The first-order valence-electron chi connectivity index (χ1n) is 8.53. The number of aromatic nitrogens is 3. The molecule has 3 heterocycles. The highest BCUT2D eigenvalue weighted by Gasteiger charge is 2.18. The van der Waals surface area contributed by atoms with Crippen molar-refractivity contribution in [2.45, 2.75) is 20.4 Å². The van der Waals surface area contributed by atoms with Gasteiger partial charge in [0.2, 0.25) is 0 Å². The SMILES string of the molecule is Cc1ccc(Oc2ccc3n(c2)c(=O)c(C)c([O-])[n+]3Cc2cnc(Cl)s2)cc1. The Hall–Kier alpha value is -2.90. The molecule has 0 aliphatic carbocycles. The third-order valence-corrected chi connectivity index (χ3v) is 5.48. The van der Waals surface area contributed by atoms with Crippen LogP contribution in [0.2, 0.25) is 4.47 Å². The van der Waals surface area contributed by atoms with Gasteiger partial charge in [0.25, 0.3) is 5.65 Å². The lowest BCUT2D eigenvalue weighted by Gasteiger charge is -2.15. The van der Waals surface area contributed by atoms with Crippen molar-refractivity contribution in [2.75, 3.05) is 0 Å². The van der Waals surface area contributed by atoms with Crippen LogP contribution in [0.1, 0.15) is 16.0 Å². The van der Waals surface area contributed by atoms with Gasteiger partial charge in [-0.05, 0) is 32.0 Å². The molecule has 6 nitrogen and oxygen atoms in total. The van der Waals surface area contributed by atoms with E-state index >= 15 is 0 Å². The molecule has 0 aliphatic heterocycles. The number of thiazole rings is 1. The molecule has 0 atom stereocenters. The topological polar surface area (TPSA) is 70.5 Å². The van der Waals surface area contributed by atoms with Crippen LogP contribution >= 0.6 is 22.9 Å². The van der Waals surface area contributed by atoms with E-state index < -0.39 is 0 Å². The second-order valence-corrected chi connectivity index (χ2v) is 8.11. The summed E-state index contributed by atoms with van der Waals surface area (Å²) >= 11 is 7.20. The minimum absolute atomic E-state index is 0.139. The first-order chi connectivity index (χ1) is 13.4. The third kappa shape index (κ3) is 3.46. The summed E-state index contributed by atoms with van der Waals surface area (Å²) in [6.45, 7) is 3.81. The number of halogens is 1. The summed E-state index contributed by atoms with van der Waals surface area (Å²) in [5, 5.41) is 12.7. The summed E-state index contributed by atoms with van der Waals surface area (Å²) in [5.41, 5.74) is 1.37. The maximum Gasteiger partial charge on any atom is 0.344 e. The fourth-order valence-electron chi connectivity index (χ4n) is 2.90. The van der Waals surface area contributed by atoms with Gasteiger partial charge in [0.15, 0.2) is 10.2 Å². The number of nitrogens with zero attached hydrogens (tertiary/aromatic N) is 3. The molecule has 8 heteroatoms. The molecule has 1 aromatic carbocycles. The predicted molar refractivity (Wildman–Crippen MR) is 106 cm³/mol. The predicted octanol–water partition coefficient (Wildman–Crippen LogP) is 3.23. The van der Waals surface area contributed by atoms with E-state index in [4.69, 9.17) is 16.3 Å². The Kier molecular flexibility index (Phi) is 4.78. The van der Waals surface area contributed by atoms with E-state index in [-0.39, 0.29) is 23.5 Å². The summed E-state index contributed by atoms with van der Waals surface area (Å²) in [4.78, 5) is 17.5. The quantitative estimate of drug-likeness (QED) is 0.481. The van der Waals surface area contributed by atoms with E-state index in [0.29, 0.717) is 21.6 Å². The van der Waals surface area contributed by atoms with Gasteiger partial charge >= 0.3 is 5.56 Å². The van der Waals surface area contributed by atoms with Crippen LogP contribution in [-0.2, 0) is 6.54 Å². The summed E-state index contributed by atoms with van der Waals surface area (Å²) in [7, 11) is 0. The van der Waals surface area contributed by atoms with Crippen LogP contribution < -0.4 is 20.0 Å². The van der Waals surface area contributed by atoms with Crippen molar-refractivity contribution >= 4 is 28.6 Å². The molecule has 0 amide bonds. The van der Waals surface area contributed by atoms with Crippen molar-refractivity contribution in [3.63, 3.8) is 0 Å². The van der Waals surface area contributed by atoms with Crippen molar-refractivity contribution in [1.29, 1.82) is 0 Å². The van der Waals surface area contributed by atoms with Gasteiger partial charge in [0.05, 0.1) is 16.3 Å². The van der Waals surface area contributed by atoms with Crippen LogP contribution in [0.5, 0.6) is 17.4 Å². The molecule has 3 aromatic heterocycles. The summed E-state index contributed by atoms with van der Waals surface area (Å²) < 4.78 is 9.24. The number of rotatable bonds is 4. The van der Waals surface area contributed by atoms with E-state index in [2.05, 4.69) is 4.98 Å². The number of hydrogen-bond donors (Lipinski definition) is 0. The monoisotopic (exact) mass is 413 g/mol. The van der Waals surface area contributed by atoms with Crippen molar-refractivity contribution < 1.29 is 14.4 Å². The van der Waals surface area contributed by atoms with E-state index in [1.54, 1.807) is 24.5 Å². The van der Waals surface area contributed by atoms with Gasteiger partial charge in [-0.25, -0.2) is 14.3 Å². The first kappa shape index (κ1) is 18.5. The van der Waals surface area contributed by atoms with Crippen LogP contribution in [0, 0.1) is 13.8 Å². The molecule has 28 heavy (non-hydrogen) atoms. The highest BCUT2D eigenvalue weighted by atomic mass is 35.5. The molecule has 0 spiro atoms. The van der Waals surface area contributed by atoms with Gasteiger partial charge in [0.1, 0.15) is 18.5 Å². The highest BCUT2D eigenvalue weighted by Crippen LogP contribution is 2.22. The molecule has 0 saturated heterocycles. The molecule has 4 aromatic rings. The highest BCUT2D eigenvalue weighted by molar-refractivity contribution is 7.15. The molecule has 0 radical (unpaired) electrons. The van der Waals surface area contributed by atoms with Crippen LogP contribution in [0.25, 0.3) is 5.65 Å². The second-order valence-electron chi connectivity index (χ2n) is 6.41. The molecule has 0 aliphatic rings. The Labute approximate surface area is 169 Å². The molecular formula is C20H16ClN3O3S. The van der Waals surface area contributed by atoms with Gasteiger partial charge in [-0.3, -0.25) is 0 Å². The second kappa shape index (κ2) is 7.26. The third-order valence-electron chi connectivity index (χ3n) is 4.38. The van der Waals surface area contributed by atoms with Gasteiger partial charge in [-0.2, -0.15) is 4.40 Å². The largest absolute Gasteiger partial charge is 0.842 e. The van der Waals surface area contributed by atoms with Gasteiger partial charge < -0.3 is 9.84 Å². The molecule has 0 saturated carbocycles. The zero-order valence-electron chi connectivity index (χ0n) is 15.2. The number of pyridine rings is 1. The lowest BCUT2D eigenvalue weighted by Crippen LogP contribution is -2.44. The van der Waals surface area contributed by atoms with Crippen molar-refractivity contribution in [1.82, 2.24) is 9.38 Å². The molecule has 142 valence electrons. The van der Waals surface area contributed by atoms with Crippen LogP contribution in [0.15, 0.2) is 53.6 Å². The lowest BCUT2D eigenvalue weighted by molar-refractivity contribution is -0.709. The normalized spacial score (nSPS) is 11.1. The maximum atomic E-state index is 12.7. The average Bonchev–Trinajstić information content (AvgIpc) is 3.10. The first-order valence-corrected chi connectivity index (χ1v) is 9.72. The fourth-order valence-corrected chi connectivity index (χ4v) is 3.87. The van der Waals surface area contributed by atoms with Crippen LogP contribution in [0.3, 0.4) is 0 Å². The van der Waals surface area contributed by atoms with Crippen LogP contribution in [0.4, 0.5) is 0 Å². The summed E-state index contributed by atoms with van der Waals surface area (Å²) in [6, 6.07) is 11.1. The lowest BCUT2D eigenvalue weighted by atomic mass is 10.2. The Morgan fingerprint density at radius 3 is 2.57 bits per heavy atom. The Morgan fingerprint density at radius 1 is 1.18 bits per heavy atom. The maximum absolute atomic E-state index is 12.7. The summed E-state index contributed by atoms with van der Waals surface area (Å²) in [5.74, 6) is 0.841. The summed E-state index contributed by atoms with van der Waals surface area (Å²) in [6.07, 6.45) is 3.23. The number of fused-ring (bicyclic) bond motifs is 1. The van der Waals surface area contributed by atoms with Gasteiger partial charge in [0, 0.05) is 12.3 Å². The van der Waals surface area contributed by atoms with Gasteiger partial charge in [-0.1, -0.05) is 29.3 Å². The molecule has 0 fully saturated rings. The van der Waals surface area contributed by atoms with Crippen LogP contribution in [-0.4, -0.2) is 9.38 Å². The van der Waals surface area contributed by atoms with Crippen molar-refractivity contribution in [3.8, 4) is 17.4 Å². The number of ether oxygens (including phenoxy) is 1. The van der Waals surface area contributed by atoms with Crippen molar-refractivity contribution in [2.24, 2.45) is 0 Å². The minimum Gasteiger partial charge on any atom is -0.842 e. The Balaban J connectivity index is 1.80. The van der Waals surface area contributed by atoms with Gasteiger partial charge in [-0.15, -0.1) is 11.3 Å². The minimum atomic E-state index is -0.368. The fraction of sp³-hybridized carbons (Fsp3) is 0.150. The van der Waals surface area contributed by atoms with E-state index in [1.165, 1.54) is 27.2 Å². The smallest absolute Gasteiger partial charge is 0.344 e. The zero-order chi connectivity index (χ0) is 19.8. The van der Waals surface area contributed by atoms with Crippen molar-refractivity contribution in [3.05, 3.63) is 79.6 Å². The molecule has 4 rings (SSSR count). The molecule has 0 N–H and O–H groups in total. The molecular weight excluding hydrogens is 398 g/mol. The van der Waals surface area contributed by atoms with E-state index in [1.807, 2.05) is 31.2 Å². The zero-order valence-corrected chi connectivity index (χ0v) is 16.8. The molecule has 0 unspecified atom stereocenters. The van der Waals surface area contributed by atoms with E-state index in [0.717, 1.165) is 10.4 Å². The molecule has 0 bridgehead atoms. The average molecular weight is 414 g/mol. The number of benzene rings is 1. The standard InChI is InChI=1S/C20H16ClN3O3S/c1-12-3-5-14(6-4-12)27-15-7-8-17-23(10-15)18(25)13(2)19(26)24(17)11-16-9-22-20(21)28-16/h3-10H,11H2,1-2H3. The number of hydrogen-bond acceptors (Lipinski definition) is 5. The number of aryl methyl sites for hydroxylation is 1.